The van der Waals surface area contributed by atoms with E-state index in [0.29, 0.717) is 39.2 Å². The Bertz CT molecular complexity index is 1060. The lowest BCUT2D eigenvalue weighted by atomic mass is 9.95. The molecule has 3 rings (SSSR count). The van der Waals surface area contributed by atoms with Crippen LogP contribution in [0.4, 0.5) is 18.9 Å². The molecule has 30 heavy (non-hydrogen) atoms. The molecule has 0 amide bonds. The van der Waals surface area contributed by atoms with Crippen LogP contribution in [0.3, 0.4) is 0 Å². The summed E-state index contributed by atoms with van der Waals surface area (Å²) in [6.45, 7) is 5.76. The summed E-state index contributed by atoms with van der Waals surface area (Å²) in [5.41, 5.74) is 9.31. The summed E-state index contributed by atoms with van der Waals surface area (Å²) in [6, 6.07) is 3.68. The Labute approximate surface area is 176 Å². The van der Waals surface area contributed by atoms with Gasteiger partial charge in [0.2, 0.25) is 0 Å². The molecule has 0 spiro atoms. The Morgan fingerprint density at radius 3 is 2.63 bits per heavy atom. The Balaban J connectivity index is 1.84. The average molecular weight is 437 g/mol. The molecule has 5 nitrogen and oxygen atoms in total. The Morgan fingerprint density at radius 2 is 1.97 bits per heavy atom. The molecule has 0 heterocycles. The maximum atomic E-state index is 13.9. The molecule has 1 atom stereocenters. The fourth-order valence-electron chi connectivity index (χ4n) is 3.14. The van der Waals surface area contributed by atoms with Crippen LogP contribution in [-0.4, -0.2) is 5.11 Å². The van der Waals surface area contributed by atoms with Crippen LogP contribution in [0.5, 0.6) is 5.75 Å². The fourth-order valence-corrected chi connectivity index (χ4v) is 3.35. The number of benzene rings is 2. The first-order valence-electron chi connectivity index (χ1n) is 8.86. The number of rotatable bonds is 6. The standard InChI is InChI=1S/C21H20ClF3N4O/c1-11-5-13(12(2)28-29(27)20-10-17(30)3-4-19(20)22)8-18(11)14-6-15(21(24,25)26)9-16(23)7-14/h3-11,28,30H,2,26-27H2,1H3. The smallest absolute Gasteiger partial charge is 0.327 e. The fraction of sp³-hybridized carbons (Fsp3) is 0.143. The largest absolute Gasteiger partial charge is 0.508 e. The number of nitrogens with one attached hydrogen (secondary N) is 1. The van der Waals surface area contributed by atoms with Gasteiger partial charge in [0.15, 0.2) is 0 Å². The Hall–Kier alpha value is -2.94. The number of aromatic hydroxyl groups is 1. The van der Waals surface area contributed by atoms with E-state index in [2.05, 4.69) is 12.0 Å². The van der Waals surface area contributed by atoms with Crippen molar-refractivity contribution in [3.63, 3.8) is 0 Å². The zero-order valence-corrected chi connectivity index (χ0v) is 16.7. The maximum Gasteiger partial charge on any atom is 0.327 e. The van der Waals surface area contributed by atoms with Crippen LogP contribution in [-0.2, 0) is 6.05 Å². The van der Waals surface area contributed by atoms with Crippen LogP contribution in [0.2, 0.25) is 5.02 Å². The van der Waals surface area contributed by atoms with Crippen LogP contribution in [0.25, 0.3) is 5.57 Å². The van der Waals surface area contributed by atoms with Crippen molar-refractivity contribution >= 4 is 22.9 Å². The molecule has 2 aromatic carbocycles. The normalized spacial score (nSPS) is 16.2. The molecule has 2 aromatic rings. The summed E-state index contributed by atoms with van der Waals surface area (Å²) in [7, 11) is 0. The first-order valence-corrected chi connectivity index (χ1v) is 9.24. The molecule has 158 valence electrons. The van der Waals surface area contributed by atoms with Gasteiger partial charge in [-0.25, -0.2) is 15.4 Å². The lowest BCUT2D eigenvalue weighted by molar-refractivity contribution is 0.00265. The van der Waals surface area contributed by atoms with Crippen molar-refractivity contribution in [2.45, 2.75) is 13.0 Å². The van der Waals surface area contributed by atoms with E-state index in [1.54, 1.807) is 6.08 Å². The van der Waals surface area contributed by atoms with Crippen LogP contribution in [0, 0.1) is 11.7 Å². The molecule has 6 N–H and O–H groups in total. The van der Waals surface area contributed by atoms with Gasteiger partial charge in [-0.1, -0.05) is 31.2 Å². The van der Waals surface area contributed by atoms with Crippen molar-refractivity contribution in [1.82, 2.24) is 5.43 Å². The van der Waals surface area contributed by atoms with E-state index in [0.717, 1.165) is 5.12 Å². The van der Waals surface area contributed by atoms with E-state index in [1.807, 2.05) is 13.0 Å². The van der Waals surface area contributed by atoms with Gasteiger partial charge in [0.1, 0.15) is 11.6 Å². The minimum Gasteiger partial charge on any atom is -0.508 e. The highest BCUT2D eigenvalue weighted by Gasteiger charge is 2.28. The number of hydrogen-bond acceptors (Lipinski definition) is 5. The molecule has 1 aliphatic carbocycles. The van der Waals surface area contributed by atoms with Gasteiger partial charge in [-0.2, -0.15) is 8.78 Å². The number of anilines is 1. The molecule has 1 aliphatic rings. The van der Waals surface area contributed by atoms with Crippen LogP contribution >= 0.6 is 11.6 Å². The van der Waals surface area contributed by atoms with Gasteiger partial charge in [-0.3, -0.25) is 11.2 Å². The summed E-state index contributed by atoms with van der Waals surface area (Å²) in [5.74, 6) is 4.94. The van der Waals surface area contributed by atoms with E-state index >= 15 is 0 Å². The van der Waals surface area contributed by atoms with E-state index in [1.165, 1.54) is 30.3 Å². The first-order chi connectivity index (χ1) is 14.0. The number of phenols is 1. The van der Waals surface area contributed by atoms with Crippen LogP contribution in [0.1, 0.15) is 18.1 Å². The predicted octanol–water partition coefficient (Wildman–Crippen LogP) is 4.55. The highest BCUT2D eigenvalue weighted by molar-refractivity contribution is 6.33. The minimum absolute atomic E-state index is 0.0215. The topological polar surface area (TPSA) is 87.5 Å². The SMILES string of the molecule is C=C(NN(N)c1cc(O)ccc1Cl)C1=CC(C)C(c2cc(F)cc(C(N)(F)F)c2)=C1. The third-order valence-corrected chi connectivity index (χ3v) is 4.96. The molecule has 0 saturated carbocycles. The Morgan fingerprint density at radius 1 is 1.27 bits per heavy atom. The van der Waals surface area contributed by atoms with E-state index in [4.69, 9.17) is 23.2 Å². The highest BCUT2D eigenvalue weighted by Crippen LogP contribution is 2.36. The van der Waals surface area contributed by atoms with Crippen molar-refractivity contribution in [1.29, 1.82) is 0 Å². The minimum atomic E-state index is -3.65. The number of alkyl halides is 2. The van der Waals surface area contributed by atoms with Gasteiger partial charge in [0, 0.05) is 17.5 Å². The second-order valence-electron chi connectivity index (χ2n) is 6.96. The molecular weight excluding hydrogens is 417 g/mol. The van der Waals surface area contributed by atoms with Crippen LogP contribution < -0.4 is 22.1 Å². The molecule has 0 aromatic heterocycles. The van der Waals surface area contributed by atoms with E-state index < -0.39 is 17.4 Å². The lowest BCUT2D eigenvalue weighted by Gasteiger charge is -2.23. The molecule has 0 aliphatic heterocycles. The third-order valence-electron chi connectivity index (χ3n) is 4.64. The molecule has 0 bridgehead atoms. The number of allylic oxidation sites excluding steroid dienone is 3. The number of hydrazine groups is 2. The zero-order valence-electron chi connectivity index (χ0n) is 16.0. The van der Waals surface area contributed by atoms with Gasteiger partial charge in [-0.05, 0) is 53.1 Å². The van der Waals surface area contributed by atoms with Crippen molar-refractivity contribution in [3.8, 4) is 5.75 Å². The molecule has 0 fully saturated rings. The van der Waals surface area contributed by atoms with Crippen molar-refractivity contribution in [2.24, 2.45) is 17.5 Å². The first kappa shape index (κ1) is 21.8. The van der Waals surface area contributed by atoms with Gasteiger partial charge >= 0.3 is 6.05 Å². The number of halogens is 4. The summed E-state index contributed by atoms with van der Waals surface area (Å²) >= 11 is 6.09. The van der Waals surface area contributed by atoms with Crippen molar-refractivity contribution in [2.75, 3.05) is 5.12 Å². The second kappa shape index (κ2) is 8.06. The quantitative estimate of drug-likeness (QED) is 0.303. The maximum absolute atomic E-state index is 13.9. The molecule has 0 radical (unpaired) electrons. The molecule has 0 saturated heterocycles. The van der Waals surface area contributed by atoms with Gasteiger partial charge < -0.3 is 5.11 Å². The Kier molecular flexibility index (Phi) is 5.85. The second-order valence-corrected chi connectivity index (χ2v) is 7.37. The average Bonchev–Trinajstić information content (AvgIpc) is 3.04. The monoisotopic (exact) mass is 436 g/mol. The number of nitrogens with two attached hydrogens (primary N) is 2. The number of hydrogen-bond donors (Lipinski definition) is 4. The lowest BCUT2D eigenvalue weighted by Crippen LogP contribution is -2.43. The van der Waals surface area contributed by atoms with Gasteiger partial charge in [0.05, 0.1) is 16.4 Å². The van der Waals surface area contributed by atoms with Crippen molar-refractivity contribution in [3.05, 3.63) is 88.4 Å². The highest BCUT2D eigenvalue weighted by atomic mass is 35.5. The third kappa shape index (κ3) is 4.62. The number of phenolic OH excluding ortho intramolecular Hbond substituents is 1. The predicted molar refractivity (Wildman–Crippen MR) is 112 cm³/mol. The zero-order chi connectivity index (χ0) is 22.2. The summed E-state index contributed by atoms with van der Waals surface area (Å²) < 4.78 is 40.9. The van der Waals surface area contributed by atoms with Gasteiger partial charge in [0.25, 0.3) is 0 Å². The molecule has 9 heteroatoms. The summed E-state index contributed by atoms with van der Waals surface area (Å²) in [5, 5.41) is 11.0. The van der Waals surface area contributed by atoms with Gasteiger partial charge in [-0.15, -0.1) is 0 Å². The molecule has 1 unspecified atom stereocenters. The number of nitrogens with zero attached hydrogens (tertiary/aromatic N) is 1. The summed E-state index contributed by atoms with van der Waals surface area (Å²) in [6.07, 6.45) is 3.53. The van der Waals surface area contributed by atoms with Crippen LogP contribution in [0.15, 0.2) is 66.4 Å². The summed E-state index contributed by atoms with van der Waals surface area (Å²) in [4.78, 5) is 0. The van der Waals surface area contributed by atoms with E-state index in [9.17, 15) is 18.3 Å². The van der Waals surface area contributed by atoms with Crippen molar-refractivity contribution < 1.29 is 18.3 Å². The molecular formula is C21H20ClF3N4O. The van der Waals surface area contributed by atoms with E-state index in [-0.39, 0.29) is 11.7 Å².